The fourth-order valence-electron chi connectivity index (χ4n) is 1.01. The van der Waals surface area contributed by atoms with Crippen molar-refractivity contribution < 1.29 is 4.79 Å². The van der Waals surface area contributed by atoms with Crippen LogP contribution in [-0.2, 0) is 11.3 Å². The molecule has 13 heavy (non-hydrogen) atoms. The third kappa shape index (κ3) is 2.75. The zero-order valence-electron chi connectivity index (χ0n) is 7.66. The smallest absolute Gasteiger partial charge is 0.304 e. The number of benzene rings is 1. The van der Waals surface area contributed by atoms with Crippen molar-refractivity contribution >= 4 is 6.41 Å². The van der Waals surface area contributed by atoms with E-state index in [-0.39, 0.29) is 0 Å². The average molecular weight is 174 g/mol. The Morgan fingerprint density at radius 3 is 2.54 bits per heavy atom. The summed E-state index contributed by atoms with van der Waals surface area (Å²) in [6, 6.07) is 9.76. The highest BCUT2D eigenvalue weighted by Crippen LogP contribution is 2.06. The van der Waals surface area contributed by atoms with Gasteiger partial charge in [-0.25, -0.2) is 0 Å². The molecule has 2 nitrogen and oxygen atoms in total. The van der Waals surface area contributed by atoms with Gasteiger partial charge in [-0.1, -0.05) is 36.9 Å². The molecule has 0 N–H and O–H groups in total. The maximum atomic E-state index is 10.5. The molecule has 0 aliphatic heterocycles. The molecule has 1 rings (SSSR count). The van der Waals surface area contributed by atoms with Crippen LogP contribution in [-0.4, -0.2) is 11.3 Å². The summed E-state index contributed by atoms with van der Waals surface area (Å²) in [6.07, 6.45) is 1.83. The lowest BCUT2D eigenvalue weighted by molar-refractivity contribution is 0.437. The monoisotopic (exact) mass is 174 g/mol. The van der Waals surface area contributed by atoms with Crippen molar-refractivity contribution in [2.24, 2.45) is 0 Å². The number of hydrogen-bond acceptors (Lipinski definition) is 1. The van der Waals surface area contributed by atoms with Gasteiger partial charge in [0.05, 0.1) is 6.54 Å². The Labute approximate surface area is 78.5 Å². The molecule has 0 spiro atoms. The number of amides is 1. The minimum absolute atomic E-state index is 0.541. The van der Waals surface area contributed by atoms with Gasteiger partial charge in [-0.05, 0) is 12.5 Å². The van der Waals surface area contributed by atoms with Crippen LogP contribution in [0.1, 0.15) is 12.5 Å². The molecule has 0 heterocycles. The summed E-state index contributed by atoms with van der Waals surface area (Å²) in [5.74, 6) is 0. The van der Waals surface area contributed by atoms with E-state index in [1.165, 1.54) is 4.90 Å². The largest absolute Gasteiger partial charge is 0.316 e. The molecule has 0 aliphatic rings. The van der Waals surface area contributed by atoms with Crippen LogP contribution in [0.2, 0.25) is 0 Å². The summed E-state index contributed by atoms with van der Waals surface area (Å²) >= 11 is 0. The highest BCUT2D eigenvalue weighted by Gasteiger charge is 2.03. The first kappa shape index (κ1) is 9.52. The first-order valence-corrected chi connectivity index (χ1v) is 4.09. The van der Waals surface area contributed by atoms with Crippen LogP contribution < -0.4 is 0 Å². The van der Waals surface area contributed by atoms with Gasteiger partial charge in [-0.3, -0.25) is 4.79 Å². The molecule has 0 aromatic heterocycles. The van der Waals surface area contributed by atoms with E-state index >= 15 is 0 Å². The van der Waals surface area contributed by atoms with E-state index in [1.54, 1.807) is 6.92 Å². The van der Waals surface area contributed by atoms with E-state index in [2.05, 4.69) is 6.58 Å². The SMILES string of the molecule is C=C(C)N([C]=O)Cc1ccccc1. The van der Waals surface area contributed by atoms with Gasteiger partial charge in [0.1, 0.15) is 0 Å². The second-order valence-electron chi connectivity index (χ2n) is 2.90. The highest BCUT2D eigenvalue weighted by atomic mass is 16.1. The van der Waals surface area contributed by atoms with Crippen molar-refractivity contribution in [3.63, 3.8) is 0 Å². The molecule has 0 fully saturated rings. The van der Waals surface area contributed by atoms with Crippen LogP contribution in [0.4, 0.5) is 0 Å². The number of carbonyl (C=O) groups excluding carboxylic acids is 1. The minimum atomic E-state index is 0.541. The first-order valence-electron chi connectivity index (χ1n) is 4.09. The van der Waals surface area contributed by atoms with E-state index in [1.807, 2.05) is 36.7 Å². The molecule has 1 radical (unpaired) electrons. The van der Waals surface area contributed by atoms with E-state index in [4.69, 9.17) is 0 Å². The summed E-state index contributed by atoms with van der Waals surface area (Å²) in [5, 5.41) is 0. The van der Waals surface area contributed by atoms with E-state index in [0.717, 1.165) is 5.56 Å². The topological polar surface area (TPSA) is 20.3 Å². The Balaban J connectivity index is 2.67. The van der Waals surface area contributed by atoms with Crippen molar-refractivity contribution in [2.75, 3.05) is 0 Å². The van der Waals surface area contributed by atoms with Crippen LogP contribution in [0.3, 0.4) is 0 Å². The second-order valence-corrected chi connectivity index (χ2v) is 2.90. The molecule has 1 aromatic carbocycles. The Morgan fingerprint density at radius 2 is 2.08 bits per heavy atom. The second kappa shape index (κ2) is 4.45. The lowest BCUT2D eigenvalue weighted by Crippen LogP contribution is -2.18. The Hall–Kier alpha value is -1.57. The molecule has 0 saturated heterocycles. The zero-order chi connectivity index (χ0) is 9.68. The molecule has 67 valence electrons. The third-order valence-corrected chi connectivity index (χ3v) is 1.75. The molecule has 0 saturated carbocycles. The average Bonchev–Trinajstić information content (AvgIpc) is 2.15. The zero-order valence-corrected chi connectivity index (χ0v) is 7.66. The molecule has 0 aliphatic carbocycles. The Morgan fingerprint density at radius 1 is 1.46 bits per heavy atom. The van der Waals surface area contributed by atoms with Gasteiger partial charge in [-0.2, -0.15) is 0 Å². The van der Waals surface area contributed by atoms with Gasteiger partial charge in [0, 0.05) is 5.70 Å². The van der Waals surface area contributed by atoms with Gasteiger partial charge in [-0.15, -0.1) is 0 Å². The number of allylic oxidation sites excluding steroid dienone is 1. The number of hydrogen-bond donors (Lipinski definition) is 0. The maximum absolute atomic E-state index is 10.5. The summed E-state index contributed by atoms with van der Waals surface area (Å²) in [5.41, 5.74) is 1.78. The predicted octanol–water partition coefficient (Wildman–Crippen LogP) is 2.09. The number of rotatable bonds is 4. The fraction of sp³-hybridized carbons (Fsp3) is 0.182. The number of nitrogens with zero attached hydrogens (tertiary/aromatic N) is 1. The van der Waals surface area contributed by atoms with Gasteiger partial charge in [0.15, 0.2) is 0 Å². The van der Waals surface area contributed by atoms with Crippen LogP contribution in [0, 0.1) is 0 Å². The van der Waals surface area contributed by atoms with Crippen molar-refractivity contribution in [3.8, 4) is 0 Å². The minimum Gasteiger partial charge on any atom is -0.304 e. The molecule has 2 heteroatoms. The van der Waals surface area contributed by atoms with Crippen molar-refractivity contribution in [1.29, 1.82) is 0 Å². The maximum Gasteiger partial charge on any atom is 0.316 e. The first-order chi connectivity index (χ1) is 6.24. The fourth-order valence-corrected chi connectivity index (χ4v) is 1.01. The quantitative estimate of drug-likeness (QED) is 0.640. The Kier molecular flexibility index (Phi) is 3.26. The lowest BCUT2D eigenvalue weighted by Gasteiger charge is -2.15. The molecule has 1 amide bonds. The molecular weight excluding hydrogens is 162 g/mol. The third-order valence-electron chi connectivity index (χ3n) is 1.75. The van der Waals surface area contributed by atoms with Gasteiger partial charge < -0.3 is 4.90 Å². The molecule has 0 unspecified atom stereocenters. The summed E-state index contributed by atoms with van der Waals surface area (Å²) in [4.78, 5) is 11.9. The van der Waals surface area contributed by atoms with Crippen LogP contribution in [0.25, 0.3) is 0 Å². The molecule has 1 aromatic rings. The van der Waals surface area contributed by atoms with Crippen LogP contribution in [0.5, 0.6) is 0 Å². The van der Waals surface area contributed by atoms with E-state index in [0.29, 0.717) is 12.2 Å². The van der Waals surface area contributed by atoms with Crippen LogP contribution >= 0.6 is 0 Å². The molecular formula is C11H12NO. The summed E-state index contributed by atoms with van der Waals surface area (Å²) < 4.78 is 0. The normalized spacial score (nSPS) is 9.31. The summed E-state index contributed by atoms with van der Waals surface area (Å²) in [7, 11) is 0. The Bertz CT molecular complexity index is 292. The van der Waals surface area contributed by atoms with Gasteiger partial charge >= 0.3 is 6.41 Å². The van der Waals surface area contributed by atoms with Crippen molar-refractivity contribution in [2.45, 2.75) is 13.5 Å². The molecule has 0 atom stereocenters. The predicted molar refractivity (Wildman–Crippen MR) is 52.5 cm³/mol. The van der Waals surface area contributed by atoms with Crippen molar-refractivity contribution in [1.82, 2.24) is 4.90 Å². The van der Waals surface area contributed by atoms with E-state index in [9.17, 15) is 4.79 Å². The molecule has 0 bridgehead atoms. The van der Waals surface area contributed by atoms with Gasteiger partial charge in [0.25, 0.3) is 0 Å². The standard InChI is InChI=1S/C11H12NO/c1-10(2)12(9-13)8-11-6-4-3-5-7-11/h3-7H,1,8H2,2H3. The van der Waals surface area contributed by atoms with Crippen LogP contribution in [0.15, 0.2) is 42.6 Å². The lowest BCUT2D eigenvalue weighted by atomic mass is 10.2. The van der Waals surface area contributed by atoms with E-state index < -0.39 is 0 Å². The summed E-state index contributed by atoms with van der Waals surface area (Å²) in [6.45, 7) is 6.01. The van der Waals surface area contributed by atoms with Crippen molar-refractivity contribution in [3.05, 3.63) is 48.2 Å². The van der Waals surface area contributed by atoms with Gasteiger partial charge in [0.2, 0.25) is 0 Å². The highest BCUT2D eigenvalue weighted by molar-refractivity contribution is 5.51.